The molecule has 1 N–H and O–H groups in total. The molecule has 1 aromatic heterocycles. The van der Waals surface area contributed by atoms with Crippen LogP contribution < -0.4 is 14.8 Å². The third kappa shape index (κ3) is 6.72. The summed E-state index contributed by atoms with van der Waals surface area (Å²) < 4.78 is 16.5. The highest BCUT2D eigenvalue weighted by Gasteiger charge is 2.08. The molecule has 0 aliphatic carbocycles. The van der Waals surface area contributed by atoms with Crippen LogP contribution in [0.2, 0.25) is 0 Å². The first-order chi connectivity index (χ1) is 12.6. The number of carbonyl (C=O) groups excluding carboxylic acids is 1. The number of aromatic nitrogens is 1. The normalized spacial score (nSPS) is 11.7. The van der Waals surface area contributed by atoms with Crippen LogP contribution in [0.3, 0.4) is 0 Å². The number of nitrogens with zero attached hydrogens (tertiary/aromatic N) is 1. The van der Waals surface area contributed by atoms with Crippen molar-refractivity contribution >= 4 is 5.97 Å². The average molecular weight is 358 g/mol. The van der Waals surface area contributed by atoms with Gasteiger partial charge < -0.3 is 19.5 Å². The van der Waals surface area contributed by atoms with Crippen LogP contribution >= 0.6 is 0 Å². The third-order valence-corrected chi connectivity index (χ3v) is 3.59. The van der Waals surface area contributed by atoms with E-state index in [2.05, 4.69) is 10.3 Å². The van der Waals surface area contributed by atoms with Gasteiger partial charge in [0.15, 0.2) is 0 Å². The van der Waals surface area contributed by atoms with Gasteiger partial charge in [0.05, 0.1) is 12.8 Å². The lowest BCUT2D eigenvalue weighted by Crippen LogP contribution is -2.28. The van der Waals surface area contributed by atoms with E-state index in [0.717, 1.165) is 22.6 Å². The highest BCUT2D eigenvalue weighted by atomic mass is 16.5. The van der Waals surface area contributed by atoms with Gasteiger partial charge in [-0.25, -0.2) is 0 Å². The molecule has 1 heterocycles. The van der Waals surface area contributed by atoms with Crippen LogP contribution in [0, 0.1) is 0 Å². The number of nitrogens with one attached hydrogen (secondary N) is 1. The van der Waals surface area contributed by atoms with Gasteiger partial charge in [-0.2, -0.15) is 0 Å². The standard InChI is InChI=1S/C20H26N2O4/c1-4-24-20-8-7-17(10-18(20)14-25-16(3)23)12-22-11-15(2)26-19-6-5-9-21-13-19/h5-10,13,15,22H,4,11-12,14H2,1-3H3. The van der Waals surface area contributed by atoms with E-state index in [1.807, 2.05) is 44.2 Å². The zero-order valence-corrected chi connectivity index (χ0v) is 15.5. The molecule has 6 nitrogen and oxygen atoms in total. The Morgan fingerprint density at radius 1 is 1.31 bits per heavy atom. The largest absolute Gasteiger partial charge is 0.493 e. The minimum atomic E-state index is -0.308. The molecule has 0 radical (unpaired) electrons. The number of esters is 1. The van der Waals surface area contributed by atoms with Crippen molar-refractivity contribution in [2.45, 2.75) is 40.0 Å². The van der Waals surface area contributed by atoms with Crippen LogP contribution in [0.15, 0.2) is 42.7 Å². The van der Waals surface area contributed by atoms with E-state index in [9.17, 15) is 4.79 Å². The van der Waals surface area contributed by atoms with Crippen molar-refractivity contribution in [1.29, 1.82) is 0 Å². The molecule has 6 heteroatoms. The van der Waals surface area contributed by atoms with Gasteiger partial charge in [0.2, 0.25) is 0 Å². The molecule has 0 aliphatic heterocycles. The van der Waals surface area contributed by atoms with E-state index in [1.54, 1.807) is 12.4 Å². The van der Waals surface area contributed by atoms with E-state index in [0.29, 0.717) is 19.7 Å². The summed E-state index contributed by atoms with van der Waals surface area (Å²) in [5.74, 6) is 1.19. The maximum atomic E-state index is 11.1. The molecule has 0 fully saturated rings. The molecular weight excluding hydrogens is 332 g/mol. The molecule has 1 unspecified atom stereocenters. The molecule has 2 aromatic rings. The Labute approximate surface area is 154 Å². The molecule has 0 bridgehead atoms. The first kappa shape index (κ1) is 19.7. The fourth-order valence-electron chi connectivity index (χ4n) is 2.44. The van der Waals surface area contributed by atoms with Crippen LogP contribution in [0.4, 0.5) is 0 Å². The van der Waals surface area contributed by atoms with Crippen LogP contribution in [0.5, 0.6) is 11.5 Å². The molecule has 1 aromatic carbocycles. The summed E-state index contributed by atoms with van der Waals surface area (Å²) in [7, 11) is 0. The highest BCUT2D eigenvalue weighted by molar-refractivity contribution is 5.66. The van der Waals surface area contributed by atoms with Gasteiger partial charge in [0.25, 0.3) is 0 Å². The Morgan fingerprint density at radius 2 is 2.15 bits per heavy atom. The Kier molecular flexibility index (Phi) is 7.89. The van der Waals surface area contributed by atoms with Gasteiger partial charge in [-0.1, -0.05) is 6.07 Å². The molecule has 0 aliphatic rings. The minimum Gasteiger partial charge on any atom is -0.493 e. The Hall–Kier alpha value is -2.60. The summed E-state index contributed by atoms with van der Waals surface area (Å²) in [5.41, 5.74) is 1.95. The molecule has 140 valence electrons. The second-order valence-electron chi connectivity index (χ2n) is 5.90. The number of rotatable bonds is 10. The number of hydrogen-bond donors (Lipinski definition) is 1. The van der Waals surface area contributed by atoms with Gasteiger partial charge in [-0.15, -0.1) is 0 Å². The van der Waals surface area contributed by atoms with Crippen LogP contribution in [-0.4, -0.2) is 30.2 Å². The van der Waals surface area contributed by atoms with Gasteiger partial charge in [0.1, 0.15) is 24.2 Å². The van der Waals surface area contributed by atoms with Crippen molar-refractivity contribution in [2.24, 2.45) is 0 Å². The van der Waals surface area contributed by atoms with Crippen molar-refractivity contribution < 1.29 is 19.0 Å². The number of carbonyl (C=O) groups is 1. The van der Waals surface area contributed by atoms with Crippen molar-refractivity contribution in [3.05, 3.63) is 53.9 Å². The SMILES string of the molecule is CCOc1ccc(CNCC(C)Oc2cccnc2)cc1COC(C)=O. The van der Waals surface area contributed by atoms with Crippen LogP contribution in [0.25, 0.3) is 0 Å². The minimum absolute atomic E-state index is 0.0161. The molecular formula is C20H26N2O4. The lowest BCUT2D eigenvalue weighted by Gasteiger charge is -2.16. The summed E-state index contributed by atoms with van der Waals surface area (Å²) in [4.78, 5) is 15.1. The van der Waals surface area contributed by atoms with E-state index in [4.69, 9.17) is 14.2 Å². The molecule has 0 saturated carbocycles. The van der Waals surface area contributed by atoms with Gasteiger partial charge in [-0.3, -0.25) is 9.78 Å². The second kappa shape index (κ2) is 10.4. The van der Waals surface area contributed by atoms with E-state index < -0.39 is 0 Å². The molecule has 0 spiro atoms. The average Bonchev–Trinajstić information content (AvgIpc) is 2.62. The van der Waals surface area contributed by atoms with E-state index in [1.165, 1.54) is 6.92 Å². The summed E-state index contributed by atoms with van der Waals surface area (Å²) in [5, 5.41) is 3.37. The van der Waals surface area contributed by atoms with Crippen molar-refractivity contribution in [2.75, 3.05) is 13.2 Å². The van der Waals surface area contributed by atoms with Crippen LogP contribution in [0.1, 0.15) is 31.9 Å². The monoisotopic (exact) mass is 358 g/mol. The second-order valence-corrected chi connectivity index (χ2v) is 5.90. The topological polar surface area (TPSA) is 69.7 Å². The first-order valence-corrected chi connectivity index (χ1v) is 8.73. The van der Waals surface area contributed by atoms with Crippen molar-refractivity contribution in [1.82, 2.24) is 10.3 Å². The summed E-state index contributed by atoms with van der Waals surface area (Å²) in [6, 6.07) is 9.64. The Morgan fingerprint density at radius 3 is 2.85 bits per heavy atom. The zero-order chi connectivity index (χ0) is 18.8. The zero-order valence-electron chi connectivity index (χ0n) is 15.5. The lowest BCUT2D eigenvalue weighted by molar-refractivity contribution is -0.142. The van der Waals surface area contributed by atoms with Crippen molar-refractivity contribution in [3.8, 4) is 11.5 Å². The molecule has 1 atom stereocenters. The number of pyridine rings is 1. The summed E-state index contributed by atoms with van der Waals surface area (Å²) >= 11 is 0. The van der Waals surface area contributed by atoms with Crippen LogP contribution in [-0.2, 0) is 22.7 Å². The van der Waals surface area contributed by atoms with Gasteiger partial charge in [-0.05, 0) is 43.7 Å². The maximum Gasteiger partial charge on any atom is 0.302 e. The summed E-state index contributed by atoms with van der Waals surface area (Å²) in [6.07, 6.45) is 3.43. The fraction of sp³-hybridized carbons (Fsp3) is 0.400. The number of benzene rings is 1. The third-order valence-electron chi connectivity index (χ3n) is 3.59. The fourth-order valence-corrected chi connectivity index (χ4v) is 2.44. The molecule has 2 rings (SSSR count). The smallest absolute Gasteiger partial charge is 0.302 e. The van der Waals surface area contributed by atoms with Gasteiger partial charge in [0, 0.05) is 31.8 Å². The number of ether oxygens (including phenoxy) is 3. The molecule has 0 saturated heterocycles. The van der Waals surface area contributed by atoms with Gasteiger partial charge >= 0.3 is 5.97 Å². The maximum absolute atomic E-state index is 11.1. The molecule has 0 amide bonds. The summed E-state index contributed by atoms with van der Waals surface area (Å²) in [6.45, 7) is 7.48. The number of hydrogen-bond acceptors (Lipinski definition) is 6. The quantitative estimate of drug-likeness (QED) is 0.658. The lowest BCUT2D eigenvalue weighted by atomic mass is 10.1. The Balaban J connectivity index is 1.87. The Bertz CT molecular complexity index is 691. The predicted octanol–water partition coefficient (Wildman–Crippen LogP) is 3.10. The van der Waals surface area contributed by atoms with Crippen molar-refractivity contribution in [3.63, 3.8) is 0 Å². The van der Waals surface area contributed by atoms with E-state index in [-0.39, 0.29) is 18.7 Å². The van der Waals surface area contributed by atoms with E-state index >= 15 is 0 Å². The highest BCUT2D eigenvalue weighted by Crippen LogP contribution is 2.21. The predicted molar refractivity (Wildman–Crippen MR) is 99.1 cm³/mol. The first-order valence-electron chi connectivity index (χ1n) is 8.73. The molecule has 26 heavy (non-hydrogen) atoms.